The third-order valence-electron chi connectivity index (χ3n) is 1.42. The Balaban J connectivity index is 2.33. The quantitative estimate of drug-likeness (QED) is 0.529. The summed E-state index contributed by atoms with van der Waals surface area (Å²) in [6, 6.07) is 0. The highest BCUT2D eigenvalue weighted by atomic mass is 32.2. The van der Waals surface area contributed by atoms with E-state index in [1.807, 2.05) is 6.26 Å². The predicted molar refractivity (Wildman–Crippen MR) is 47.1 cm³/mol. The Labute approximate surface area is 78.6 Å². The van der Waals surface area contributed by atoms with Crippen LogP contribution in [0.15, 0.2) is 28.4 Å². The van der Waals surface area contributed by atoms with Crippen molar-refractivity contribution >= 4 is 11.8 Å². The summed E-state index contributed by atoms with van der Waals surface area (Å²) >= 11 is 1.49. The molecule has 2 rings (SSSR count). The molecule has 0 aliphatic rings. The maximum absolute atomic E-state index is 4.98. The highest BCUT2D eigenvalue weighted by Crippen LogP contribution is 2.15. The van der Waals surface area contributed by atoms with Gasteiger partial charge in [-0.25, -0.2) is 9.97 Å². The largest absolute Gasteiger partial charge is 0.423 e. The molecule has 0 aliphatic heterocycles. The molecule has 13 heavy (non-hydrogen) atoms. The van der Waals surface area contributed by atoms with Gasteiger partial charge in [-0.2, -0.15) is 0 Å². The number of nitrogens with zero attached hydrogens (tertiary/aromatic N) is 4. The monoisotopic (exact) mass is 194 g/mol. The van der Waals surface area contributed by atoms with Gasteiger partial charge in [0, 0.05) is 12.4 Å². The Morgan fingerprint density at radius 2 is 2.08 bits per heavy atom. The van der Waals surface area contributed by atoms with Crippen molar-refractivity contribution < 1.29 is 4.42 Å². The van der Waals surface area contributed by atoms with Crippen LogP contribution in [0.25, 0.3) is 11.5 Å². The molecule has 0 bridgehead atoms. The Hall–Kier alpha value is -1.43. The highest BCUT2D eigenvalue weighted by Gasteiger charge is 2.03. The average molecular weight is 194 g/mol. The lowest BCUT2D eigenvalue weighted by Crippen LogP contribution is -1.86. The molecule has 2 heterocycles. The number of aromatic nitrogens is 4. The maximum Gasteiger partial charge on any atom is 0.250 e. The zero-order valence-corrected chi connectivity index (χ0v) is 7.65. The van der Waals surface area contributed by atoms with Gasteiger partial charge in [0.25, 0.3) is 5.89 Å². The molecule has 6 heteroatoms. The Kier molecular flexibility index (Phi) is 2.22. The predicted octanol–water partition coefficient (Wildman–Crippen LogP) is 1.25. The second-order valence-electron chi connectivity index (χ2n) is 2.20. The first-order valence-corrected chi connectivity index (χ1v) is 4.75. The van der Waals surface area contributed by atoms with E-state index in [0.29, 0.717) is 5.89 Å². The molecule has 5 nitrogen and oxygen atoms in total. The number of hydrogen-bond donors (Lipinski definition) is 0. The maximum atomic E-state index is 4.98. The third kappa shape index (κ3) is 1.67. The van der Waals surface area contributed by atoms with Crippen LogP contribution >= 0.6 is 11.8 Å². The van der Waals surface area contributed by atoms with Crippen LogP contribution in [0, 0.1) is 0 Å². The van der Waals surface area contributed by atoms with Crippen molar-refractivity contribution in [3.05, 3.63) is 18.8 Å². The molecule has 0 aliphatic carbocycles. The van der Waals surface area contributed by atoms with Gasteiger partial charge in [-0.15, -0.1) is 10.2 Å². The van der Waals surface area contributed by atoms with E-state index < -0.39 is 0 Å². The van der Waals surface area contributed by atoms with E-state index in [2.05, 4.69) is 20.2 Å². The zero-order chi connectivity index (χ0) is 9.10. The summed E-state index contributed by atoms with van der Waals surface area (Å²) in [5.41, 5.74) is 0.732. The molecule has 0 saturated heterocycles. The van der Waals surface area contributed by atoms with E-state index in [-0.39, 0.29) is 0 Å². The molecule has 0 N–H and O–H groups in total. The van der Waals surface area contributed by atoms with Crippen LogP contribution in [0.1, 0.15) is 0 Å². The van der Waals surface area contributed by atoms with Gasteiger partial charge in [-0.1, -0.05) is 11.8 Å². The first-order valence-electron chi connectivity index (χ1n) is 3.52. The SMILES string of the molecule is CSc1ncc(-c2nnco2)cn1. The molecule has 2 aromatic heterocycles. The van der Waals surface area contributed by atoms with Gasteiger partial charge in [-0.05, 0) is 6.26 Å². The van der Waals surface area contributed by atoms with Gasteiger partial charge in [0.2, 0.25) is 6.39 Å². The first-order chi connectivity index (χ1) is 6.40. The van der Waals surface area contributed by atoms with Gasteiger partial charge in [0.15, 0.2) is 5.16 Å². The van der Waals surface area contributed by atoms with E-state index in [1.165, 1.54) is 18.2 Å². The lowest BCUT2D eigenvalue weighted by molar-refractivity contribution is 0.567. The van der Waals surface area contributed by atoms with Crippen LogP contribution in [-0.4, -0.2) is 26.4 Å². The summed E-state index contributed by atoms with van der Waals surface area (Å²) in [6.45, 7) is 0. The molecular weight excluding hydrogens is 188 g/mol. The van der Waals surface area contributed by atoms with Crippen molar-refractivity contribution in [3.8, 4) is 11.5 Å². The van der Waals surface area contributed by atoms with Gasteiger partial charge in [0.1, 0.15) is 0 Å². The summed E-state index contributed by atoms with van der Waals surface area (Å²) in [5, 5.41) is 8.03. The van der Waals surface area contributed by atoms with Crippen LogP contribution in [0.5, 0.6) is 0 Å². The van der Waals surface area contributed by atoms with E-state index in [4.69, 9.17) is 4.42 Å². The van der Waals surface area contributed by atoms with Crippen molar-refractivity contribution in [3.63, 3.8) is 0 Å². The Bertz CT molecular complexity index is 372. The lowest BCUT2D eigenvalue weighted by Gasteiger charge is -1.94. The fraction of sp³-hybridized carbons (Fsp3) is 0.143. The molecule has 0 saturated carbocycles. The molecule has 66 valence electrons. The van der Waals surface area contributed by atoms with Gasteiger partial charge < -0.3 is 4.42 Å². The topological polar surface area (TPSA) is 64.7 Å². The molecule has 0 radical (unpaired) electrons. The highest BCUT2D eigenvalue weighted by molar-refractivity contribution is 7.98. The fourth-order valence-electron chi connectivity index (χ4n) is 0.831. The number of rotatable bonds is 2. The second-order valence-corrected chi connectivity index (χ2v) is 2.98. The minimum absolute atomic E-state index is 0.438. The smallest absolute Gasteiger partial charge is 0.250 e. The van der Waals surface area contributed by atoms with Crippen LogP contribution in [0.3, 0.4) is 0 Å². The molecule has 0 spiro atoms. The molecule has 0 aromatic carbocycles. The van der Waals surface area contributed by atoms with Gasteiger partial charge in [0.05, 0.1) is 5.56 Å². The van der Waals surface area contributed by atoms with Crippen molar-refractivity contribution in [1.29, 1.82) is 0 Å². The molecular formula is C7H6N4OS. The minimum Gasteiger partial charge on any atom is -0.423 e. The van der Waals surface area contributed by atoms with Crippen LogP contribution in [-0.2, 0) is 0 Å². The molecule has 0 atom stereocenters. The van der Waals surface area contributed by atoms with Crippen molar-refractivity contribution in [1.82, 2.24) is 20.2 Å². The second kappa shape index (κ2) is 3.53. The fourth-order valence-corrected chi connectivity index (χ4v) is 1.15. The molecule has 2 aromatic rings. The third-order valence-corrected chi connectivity index (χ3v) is 1.99. The van der Waals surface area contributed by atoms with Gasteiger partial charge >= 0.3 is 0 Å². The van der Waals surface area contributed by atoms with E-state index in [0.717, 1.165) is 10.7 Å². The van der Waals surface area contributed by atoms with Crippen molar-refractivity contribution in [2.24, 2.45) is 0 Å². The first kappa shape index (κ1) is 8.18. The summed E-state index contributed by atoms with van der Waals surface area (Å²) in [4.78, 5) is 8.15. The van der Waals surface area contributed by atoms with Crippen LogP contribution < -0.4 is 0 Å². The zero-order valence-electron chi connectivity index (χ0n) is 6.84. The van der Waals surface area contributed by atoms with Crippen LogP contribution in [0.2, 0.25) is 0 Å². The minimum atomic E-state index is 0.438. The lowest BCUT2D eigenvalue weighted by atomic mass is 10.3. The summed E-state index contributed by atoms with van der Waals surface area (Å²) in [6.07, 6.45) is 6.51. The molecule has 0 fully saturated rings. The number of hydrogen-bond acceptors (Lipinski definition) is 6. The normalized spacial score (nSPS) is 10.2. The number of thioether (sulfide) groups is 1. The molecule has 0 amide bonds. The summed E-state index contributed by atoms with van der Waals surface area (Å²) < 4.78 is 4.98. The Morgan fingerprint density at radius 3 is 2.62 bits per heavy atom. The molecule has 0 unspecified atom stereocenters. The van der Waals surface area contributed by atoms with Crippen molar-refractivity contribution in [2.45, 2.75) is 5.16 Å². The Morgan fingerprint density at radius 1 is 1.31 bits per heavy atom. The van der Waals surface area contributed by atoms with Gasteiger partial charge in [-0.3, -0.25) is 0 Å². The summed E-state index contributed by atoms with van der Waals surface area (Å²) in [5.74, 6) is 0.438. The standard InChI is InChI=1S/C7H6N4OS/c1-13-7-8-2-5(3-9-7)6-11-10-4-12-6/h2-4H,1H3. The van der Waals surface area contributed by atoms with Crippen molar-refractivity contribution in [2.75, 3.05) is 6.26 Å². The van der Waals surface area contributed by atoms with Crippen LogP contribution in [0.4, 0.5) is 0 Å². The average Bonchev–Trinajstić information content (AvgIpc) is 2.71. The van der Waals surface area contributed by atoms with E-state index >= 15 is 0 Å². The van der Waals surface area contributed by atoms with E-state index in [1.54, 1.807) is 12.4 Å². The summed E-state index contributed by atoms with van der Waals surface area (Å²) in [7, 11) is 0. The van der Waals surface area contributed by atoms with E-state index in [9.17, 15) is 0 Å².